The average Bonchev–Trinajstić information content (AvgIpc) is 2.40. The number of carboxylic acid groups (broad SMARTS) is 4. The average molecular weight is 346 g/mol. The Morgan fingerprint density at radius 3 is 1.38 bits per heavy atom. The molecule has 0 spiro atoms. The predicted molar refractivity (Wildman–Crippen MR) is 79.7 cm³/mol. The zero-order valence-corrected chi connectivity index (χ0v) is 14.0. The van der Waals surface area contributed by atoms with E-state index in [1.54, 1.807) is 0 Å². The maximum atomic E-state index is 11.4. The van der Waals surface area contributed by atoms with Crippen LogP contribution in [0.25, 0.3) is 0 Å². The van der Waals surface area contributed by atoms with Gasteiger partial charge in [-0.3, -0.25) is 19.2 Å². The van der Waals surface area contributed by atoms with E-state index in [0.717, 1.165) is 0 Å². The molecule has 0 aliphatic rings. The van der Waals surface area contributed by atoms with E-state index in [-0.39, 0.29) is 0 Å². The third-order valence-corrected chi connectivity index (χ3v) is 3.89. The van der Waals surface area contributed by atoms with Crippen molar-refractivity contribution in [1.29, 1.82) is 0 Å². The summed E-state index contributed by atoms with van der Waals surface area (Å²) in [5, 5.41) is 44.0. The Bertz CT molecular complexity index is 553. The highest BCUT2D eigenvalue weighted by molar-refractivity contribution is 5.97. The molecule has 0 aliphatic carbocycles. The third kappa shape index (κ3) is 5.00. The number of hydrogen-bond acceptors (Lipinski definition) is 6. The second-order valence-corrected chi connectivity index (χ2v) is 6.54. The maximum Gasteiger partial charge on any atom is 0.318 e. The van der Waals surface area contributed by atoms with Crippen LogP contribution < -0.4 is 0 Å². The fourth-order valence-electron chi connectivity index (χ4n) is 1.95. The lowest BCUT2D eigenvalue weighted by atomic mass is 9.78. The van der Waals surface area contributed by atoms with Crippen LogP contribution >= 0.6 is 0 Å². The van der Waals surface area contributed by atoms with Crippen LogP contribution in [0.5, 0.6) is 0 Å². The van der Waals surface area contributed by atoms with E-state index in [4.69, 9.17) is 15.3 Å². The SMILES string of the molecule is CC(C(=O)O)C(C)(C)N=NC(C)(C)C(C(=O)O)C(C(=O)O)C(=O)O. The lowest BCUT2D eigenvalue weighted by Gasteiger charge is -2.31. The van der Waals surface area contributed by atoms with E-state index in [0.29, 0.717) is 0 Å². The number of carbonyl (C=O) groups is 4. The molecule has 136 valence electrons. The first-order valence-electron chi connectivity index (χ1n) is 7.00. The predicted octanol–water partition coefficient (Wildman–Crippen LogP) is 1.20. The molecule has 0 heterocycles. The fraction of sp³-hybridized carbons (Fsp3) is 0.714. The summed E-state index contributed by atoms with van der Waals surface area (Å²) in [5.74, 6) is -11.5. The van der Waals surface area contributed by atoms with Gasteiger partial charge < -0.3 is 20.4 Å². The van der Waals surface area contributed by atoms with Gasteiger partial charge in [0.25, 0.3) is 0 Å². The molecule has 0 aromatic carbocycles. The zero-order chi connectivity index (χ0) is 19.5. The Kier molecular flexibility index (Phi) is 6.59. The summed E-state index contributed by atoms with van der Waals surface area (Å²) in [6.07, 6.45) is 0. The Morgan fingerprint density at radius 1 is 0.708 bits per heavy atom. The summed E-state index contributed by atoms with van der Waals surface area (Å²) < 4.78 is 0. The summed E-state index contributed by atoms with van der Waals surface area (Å²) >= 11 is 0. The first-order chi connectivity index (χ1) is 10.6. The van der Waals surface area contributed by atoms with Gasteiger partial charge in [-0.25, -0.2) is 0 Å². The van der Waals surface area contributed by atoms with Crippen LogP contribution in [0.3, 0.4) is 0 Å². The molecule has 0 bridgehead atoms. The summed E-state index contributed by atoms with van der Waals surface area (Å²) in [5.41, 5.74) is -2.89. The Morgan fingerprint density at radius 2 is 1.08 bits per heavy atom. The molecule has 2 atom stereocenters. The van der Waals surface area contributed by atoms with Gasteiger partial charge in [-0.2, -0.15) is 10.2 Å². The molecule has 0 radical (unpaired) electrons. The van der Waals surface area contributed by atoms with Gasteiger partial charge in [-0.15, -0.1) is 0 Å². The van der Waals surface area contributed by atoms with Crippen molar-refractivity contribution in [2.24, 2.45) is 28.0 Å². The van der Waals surface area contributed by atoms with Gasteiger partial charge in [0.05, 0.1) is 17.0 Å². The first-order valence-corrected chi connectivity index (χ1v) is 7.00. The highest BCUT2D eigenvalue weighted by Crippen LogP contribution is 2.32. The maximum absolute atomic E-state index is 11.4. The number of azo groups is 1. The monoisotopic (exact) mass is 346 g/mol. The third-order valence-electron chi connectivity index (χ3n) is 3.89. The topological polar surface area (TPSA) is 174 Å². The van der Waals surface area contributed by atoms with Crippen LogP contribution in [0.1, 0.15) is 34.6 Å². The van der Waals surface area contributed by atoms with Gasteiger partial charge in [0.15, 0.2) is 5.92 Å². The molecule has 4 N–H and O–H groups in total. The van der Waals surface area contributed by atoms with Gasteiger partial charge in [0.1, 0.15) is 5.92 Å². The van der Waals surface area contributed by atoms with E-state index >= 15 is 0 Å². The minimum absolute atomic E-state index is 0.949. The molecule has 0 aromatic rings. The van der Waals surface area contributed by atoms with Crippen LogP contribution in [-0.4, -0.2) is 55.4 Å². The molecule has 10 heteroatoms. The van der Waals surface area contributed by atoms with Crippen LogP contribution in [-0.2, 0) is 19.2 Å². The van der Waals surface area contributed by atoms with Gasteiger partial charge in [-0.1, -0.05) is 0 Å². The van der Waals surface area contributed by atoms with Crippen molar-refractivity contribution in [3.8, 4) is 0 Å². The molecule has 24 heavy (non-hydrogen) atoms. The number of hydrogen-bond donors (Lipinski definition) is 4. The fourth-order valence-corrected chi connectivity index (χ4v) is 1.95. The van der Waals surface area contributed by atoms with Crippen LogP contribution in [0.4, 0.5) is 0 Å². The lowest BCUT2D eigenvalue weighted by molar-refractivity contribution is -0.166. The Labute approximate surface area is 138 Å². The second kappa shape index (κ2) is 7.37. The largest absolute Gasteiger partial charge is 0.481 e. The van der Waals surface area contributed by atoms with Crippen molar-refractivity contribution in [3.63, 3.8) is 0 Å². The highest BCUT2D eigenvalue weighted by atomic mass is 16.4. The second-order valence-electron chi connectivity index (χ2n) is 6.54. The normalized spacial score (nSPS) is 15.2. The molecule has 10 nitrogen and oxygen atoms in total. The quantitative estimate of drug-likeness (QED) is 0.356. The summed E-state index contributed by atoms with van der Waals surface area (Å²) in [4.78, 5) is 44.8. The van der Waals surface area contributed by atoms with Gasteiger partial charge in [0, 0.05) is 0 Å². The Balaban J connectivity index is 5.85. The molecule has 0 fully saturated rings. The number of nitrogens with zero attached hydrogens (tertiary/aromatic N) is 2. The van der Waals surface area contributed by atoms with Gasteiger partial charge in [0.2, 0.25) is 0 Å². The van der Waals surface area contributed by atoms with E-state index in [1.165, 1.54) is 34.6 Å². The van der Waals surface area contributed by atoms with Crippen molar-refractivity contribution in [3.05, 3.63) is 0 Å². The van der Waals surface area contributed by atoms with E-state index in [1.807, 2.05) is 0 Å². The highest BCUT2D eigenvalue weighted by Gasteiger charge is 2.49. The standard InChI is InChI=1S/C14H22N2O8/c1-6(9(17)18)13(2,3)15-16-14(4,5)8(12(23)24)7(10(19)20)11(21)22/h6-8H,1-5H3,(H,17,18)(H,19,20)(H,21,22)(H,23,24). The van der Waals surface area contributed by atoms with Crippen molar-refractivity contribution < 1.29 is 39.6 Å². The molecule has 2 unspecified atom stereocenters. The minimum atomic E-state index is -2.23. The number of carboxylic acids is 4. The van der Waals surface area contributed by atoms with Crippen molar-refractivity contribution >= 4 is 23.9 Å². The van der Waals surface area contributed by atoms with E-state index in [2.05, 4.69) is 10.2 Å². The van der Waals surface area contributed by atoms with Crippen molar-refractivity contribution in [1.82, 2.24) is 0 Å². The lowest BCUT2D eigenvalue weighted by Crippen LogP contribution is -2.47. The van der Waals surface area contributed by atoms with Crippen molar-refractivity contribution in [2.75, 3.05) is 0 Å². The first kappa shape index (κ1) is 21.5. The molecule has 0 aliphatic heterocycles. The smallest absolute Gasteiger partial charge is 0.318 e. The van der Waals surface area contributed by atoms with Crippen LogP contribution in [0.2, 0.25) is 0 Å². The molecule has 0 saturated heterocycles. The van der Waals surface area contributed by atoms with Crippen LogP contribution in [0.15, 0.2) is 10.2 Å². The van der Waals surface area contributed by atoms with E-state index in [9.17, 15) is 24.3 Å². The summed E-state index contributed by atoms with van der Waals surface area (Å²) in [6.45, 7) is 6.78. The van der Waals surface area contributed by atoms with Gasteiger partial charge >= 0.3 is 23.9 Å². The van der Waals surface area contributed by atoms with Crippen molar-refractivity contribution in [2.45, 2.75) is 45.7 Å². The molecule has 0 rings (SSSR count). The van der Waals surface area contributed by atoms with E-state index < -0.39 is 52.7 Å². The van der Waals surface area contributed by atoms with Crippen LogP contribution in [0, 0.1) is 17.8 Å². The Hall–Kier alpha value is -2.52. The number of aliphatic carboxylic acids is 4. The molecule has 0 aromatic heterocycles. The molecule has 0 amide bonds. The molecule has 0 saturated carbocycles. The zero-order valence-electron chi connectivity index (χ0n) is 14.0. The molecular formula is C14H22N2O8. The summed E-state index contributed by atoms with van der Waals surface area (Å²) in [7, 11) is 0. The number of rotatable bonds is 9. The summed E-state index contributed by atoms with van der Waals surface area (Å²) in [6, 6.07) is 0. The molecular weight excluding hydrogens is 324 g/mol. The minimum Gasteiger partial charge on any atom is -0.481 e. The van der Waals surface area contributed by atoms with Gasteiger partial charge in [-0.05, 0) is 34.6 Å².